The fraction of sp³-hybridized carbons (Fsp3) is 0.286. The number of rotatable bonds is 3. The standard InChI is InChI=1S/C14H16N4O/c1-9-7-13-16-14(15-8-10(2)19)11-5-3-4-6-12(11)18(13)17-9/h3-7,10,19H,8H2,1-2H3,(H,15,16). The molecule has 3 aromatic rings. The summed E-state index contributed by atoms with van der Waals surface area (Å²) in [5, 5.41) is 18.0. The molecule has 5 heteroatoms. The summed E-state index contributed by atoms with van der Waals surface area (Å²) in [6.45, 7) is 4.17. The number of nitrogens with one attached hydrogen (secondary N) is 1. The molecule has 0 radical (unpaired) electrons. The number of aromatic nitrogens is 3. The van der Waals surface area contributed by atoms with Crippen molar-refractivity contribution in [2.24, 2.45) is 0 Å². The van der Waals surface area contributed by atoms with Gasteiger partial charge in [0.25, 0.3) is 0 Å². The van der Waals surface area contributed by atoms with Crippen molar-refractivity contribution in [3.8, 4) is 0 Å². The highest BCUT2D eigenvalue weighted by Crippen LogP contribution is 2.23. The molecule has 1 aromatic carbocycles. The number of aryl methyl sites for hydroxylation is 1. The molecule has 0 amide bonds. The smallest absolute Gasteiger partial charge is 0.158 e. The lowest BCUT2D eigenvalue weighted by atomic mass is 10.2. The highest BCUT2D eigenvalue weighted by atomic mass is 16.3. The van der Waals surface area contributed by atoms with E-state index in [2.05, 4.69) is 15.4 Å². The van der Waals surface area contributed by atoms with Gasteiger partial charge in [-0.3, -0.25) is 0 Å². The fourth-order valence-corrected chi connectivity index (χ4v) is 2.16. The van der Waals surface area contributed by atoms with Crippen LogP contribution in [0.2, 0.25) is 0 Å². The first-order valence-corrected chi connectivity index (χ1v) is 6.32. The van der Waals surface area contributed by atoms with E-state index in [1.807, 2.05) is 41.8 Å². The van der Waals surface area contributed by atoms with Crippen molar-refractivity contribution in [1.29, 1.82) is 0 Å². The zero-order valence-corrected chi connectivity index (χ0v) is 11.0. The van der Waals surface area contributed by atoms with Crippen molar-refractivity contribution in [1.82, 2.24) is 14.6 Å². The van der Waals surface area contributed by atoms with Crippen LogP contribution >= 0.6 is 0 Å². The predicted molar refractivity (Wildman–Crippen MR) is 75.4 cm³/mol. The van der Waals surface area contributed by atoms with Gasteiger partial charge >= 0.3 is 0 Å². The van der Waals surface area contributed by atoms with E-state index >= 15 is 0 Å². The molecule has 0 fully saturated rings. The topological polar surface area (TPSA) is 62.5 Å². The summed E-state index contributed by atoms with van der Waals surface area (Å²) in [4.78, 5) is 4.57. The largest absolute Gasteiger partial charge is 0.392 e. The summed E-state index contributed by atoms with van der Waals surface area (Å²) in [5.41, 5.74) is 2.75. The van der Waals surface area contributed by atoms with Gasteiger partial charge in [0.1, 0.15) is 5.82 Å². The molecule has 1 unspecified atom stereocenters. The molecule has 2 heterocycles. The van der Waals surface area contributed by atoms with Gasteiger partial charge in [-0.2, -0.15) is 5.10 Å². The molecule has 2 N–H and O–H groups in total. The minimum atomic E-state index is -0.413. The first-order chi connectivity index (χ1) is 9.15. The molecule has 0 saturated carbocycles. The fourth-order valence-electron chi connectivity index (χ4n) is 2.16. The molecule has 1 atom stereocenters. The molecule has 0 aliphatic heterocycles. The number of benzene rings is 1. The maximum Gasteiger partial charge on any atom is 0.158 e. The number of hydrogen-bond donors (Lipinski definition) is 2. The zero-order chi connectivity index (χ0) is 13.4. The normalized spacial score (nSPS) is 13.0. The molecule has 3 rings (SSSR count). The molecule has 5 nitrogen and oxygen atoms in total. The number of aliphatic hydroxyl groups is 1. The number of fused-ring (bicyclic) bond motifs is 3. The summed E-state index contributed by atoms with van der Waals surface area (Å²) < 4.78 is 1.85. The van der Waals surface area contributed by atoms with Crippen molar-refractivity contribution >= 4 is 22.4 Å². The molecule has 98 valence electrons. The molecule has 2 aromatic heterocycles. The Morgan fingerprint density at radius 2 is 2.16 bits per heavy atom. The quantitative estimate of drug-likeness (QED) is 0.752. The van der Waals surface area contributed by atoms with Crippen molar-refractivity contribution in [3.05, 3.63) is 36.0 Å². The number of hydrogen-bond acceptors (Lipinski definition) is 4. The van der Waals surface area contributed by atoms with Gasteiger partial charge < -0.3 is 10.4 Å². The highest BCUT2D eigenvalue weighted by molar-refractivity contribution is 5.91. The van der Waals surface area contributed by atoms with E-state index < -0.39 is 6.10 Å². The molecule has 0 spiro atoms. The minimum absolute atomic E-state index is 0.413. The second-order valence-electron chi connectivity index (χ2n) is 4.76. The average molecular weight is 256 g/mol. The van der Waals surface area contributed by atoms with Gasteiger partial charge in [0.15, 0.2) is 5.65 Å². The van der Waals surface area contributed by atoms with Crippen LogP contribution < -0.4 is 5.32 Å². The van der Waals surface area contributed by atoms with E-state index in [-0.39, 0.29) is 0 Å². The molecule has 0 bridgehead atoms. The van der Waals surface area contributed by atoms with Crippen LogP contribution in [0.5, 0.6) is 0 Å². The third kappa shape index (κ3) is 2.13. The van der Waals surface area contributed by atoms with Crippen LogP contribution in [0, 0.1) is 6.92 Å². The van der Waals surface area contributed by atoms with Crippen LogP contribution in [0.4, 0.5) is 5.82 Å². The third-order valence-corrected chi connectivity index (χ3v) is 2.99. The van der Waals surface area contributed by atoms with E-state index in [4.69, 9.17) is 0 Å². The van der Waals surface area contributed by atoms with Gasteiger partial charge in [-0.05, 0) is 26.0 Å². The van der Waals surface area contributed by atoms with Crippen molar-refractivity contribution in [2.45, 2.75) is 20.0 Å². The number of nitrogens with zero attached hydrogens (tertiary/aromatic N) is 3. The molecular weight excluding hydrogens is 240 g/mol. The Morgan fingerprint density at radius 1 is 1.37 bits per heavy atom. The molecule has 0 saturated heterocycles. The molecular formula is C14H16N4O. The Morgan fingerprint density at radius 3 is 2.95 bits per heavy atom. The van der Waals surface area contributed by atoms with E-state index in [1.54, 1.807) is 6.92 Å². The minimum Gasteiger partial charge on any atom is -0.392 e. The maximum atomic E-state index is 9.40. The summed E-state index contributed by atoms with van der Waals surface area (Å²) in [7, 11) is 0. The van der Waals surface area contributed by atoms with Crippen molar-refractivity contribution in [3.63, 3.8) is 0 Å². The summed E-state index contributed by atoms with van der Waals surface area (Å²) in [6.07, 6.45) is -0.413. The second kappa shape index (κ2) is 4.51. The van der Waals surface area contributed by atoms with E-state index in [1.165, 1.54) is 0 Å². The first-order valence-electron chi connectivity index (χ1n) is 6.32. The Hall–Kier alpha value is -2.14. The summed E-state index contributed by atoms with van der Waals surface area (Å²) >= 11 is 0. The van der Waals surface area contributed by atoms with Gasteiger partial charge in [0.2, 0.25) is 0 Å². The van der Waals surface area contributed by atoms with Crippen LogP contribution in [-0.2, 0) is 0 Å². The van der Waals surface area contributed by atoms with E-state index in [9.17, 15) is 5.11 Å². The van der Waals surface area contributed by atoms with Crippen LogP contribution in [0.3, 0.4) is 0 Å². The van der Waals surface area contributed by atoms with Gasteiger partial charge in [0, 0.05) is 18.0 Å². The SMILES string of the molecule is Cc1cc2nc(NCC(C)O)c3ccccc3n2n1. The second-order valence-corrected chi connectivity index (χ2v) is 4.76. The monoisotopic (exact) mass is 256 g/mol. The highest BCUT2D eigenvalue weighted by Gasteiger charge is 2.09. The van der Waals surface area contributed by atoms with Gasteiger partial charge in [0.05, 0.1) is 17.3 Å². The van der Waals surface area contributed by atoms with Crippen LogP contribution in [0.1, 0.15) is 12.6 Å². The maximum absolute atomic E-state index is 9.40. The number of para-hydroxylation sites is 1. The Kier molecular flexibility index (Phi) is 2.83. The van der Waals surface area contributed by atoms with Gasteiger partial charge in [-0.15, -0.1) is 0 Å². The van der Waals surface area contributed by atoms with Gasteiger partial charge in [-0.25, -0.2) is 9.50 Å². The Bertz CT molecular complexity index is 733. The number of anilines is 1. The van der Waals surface area contributed by atoms with Crippen LogP contribution in [0.25, 0.3) is 16.6 Å². The zero-order valence-electron chi connectivity index (χ0n) is 11.0. The summed E-state index contributed by atoms with van der Waals surface area (Å²) in [6, 6.07) is 9.92. The van der Waals surface area contributed by atoms with E-state index in [0.717, 1.165) is 28.1 Å². The van der Waals surface area contributed by atoms with Crippen LogP contribution in [-0.4, -0.2) is 32.4 Å². The number of aliphatic hydroxyl groups excluding tert-OH is 1. The van der Waals surface area contributed by atoms with E-state index in [0.29, 0.717) is 6.54 Å². The van der Waals surface area contributed by atoms with Gasteiger partial charge in [-0.1, -0.05) is 12.1 Å². The third-order valence-electron chi connectivity index (χ3n) is 2.99. The summed E-state index contributed by atoms with van der Waals surface area (Å²) in [5.74, 6) is 0.781. The molecule has 19 heavy (non-hydrogen) atoms. The first kappa shape index (κ1) is 11.9. The lowest BCUT2D eigenvalue weighted by molar-refractivity contribution is 0.208. The predicted octanol–water partition coefficient (Wildman–Crippen LogP) is 1.98. The molecule has 0 aliphatic carbocycles. The Balaban J connectivity index is 2.23. The van der Waals surface area contributed by atoms with Crippen molar-refractivity contribution < 1.29 is 5.11 Å². The lowest BCUT2D eigenvalue weighted by Gasteiger charge is -2.11. The Labute approximate surface area is 110 Å². The average Bonchev–Trinajstić information content (AvgIpc) is 2.76. The van der Waals surface area contributed by atoms with Crippen molar-refractivity contribution in [2.75, 3.05) is 11.9 Å². The lowest BCUT2D eigenvalue weighted by Crippen LogP contribution is -2.16. The van der Waals surface area contributed by atoms with Crippen LogP contribution in [0.15, 0.2) is 30.3 Å². The molecule has 0 aliphatic rings.